The van der Waals surface area contributed by atoms with Crippen molar-refractivity contribution >= 4 is 94.4 Å². The standard InChI is InChI=1S/C22H21Cl2N3O7S4.C5H5N/c23-14-2-4-18-16(10-14)26(7-1-8-37(29,30)31)21(35-18)12-22-27(13-20(28)25-6-9-38(32,33)34)17-11-15(24)3-5-19(17)36-22;1-2-4-6-5-3-1/h2-5,10-12H,1,6-9,13H2,(H2-,25,28,29,30,31,32,33,34);1-5H/p+1. The lowest BCUT2D eigenvalue weighted by atomic mass is 10.2. The van der Waals surface area contributed by atoms with Gasteiger partial charge in [-0.3, -0.25) is 18.9 Å². The number of hydrogen-bond donors (Lipinski definition) is 3. The minimum absolute atomic E-state index is 0.142. The van der Waals surface area contributed by atoms with E-state index in [0.717, 1.165) is 20.3 Å². The molecule has 234 valence electrons. The Morgan fingerprint density at radius 3 is 2.30 bits per heavy atom. The summed E-state index contributed by atoms with van der Waals surface area (Å²) in [5.74, 6) is -1.47. The lowest BCUT2D eigenvalue weighted by Crippen LogP contribution is -2.44. The van der Waals surface area contributed by atoms with Crippen molar-refractivity contribution in [1.82, 2.24) is 10.3 Å². The molecule has 1 amide bonds. The Balaban J connectivity index is 0.000000657. The maximum absolute atomic E-state index is 12.7. The molecule has 0 radical (unpaired) electrons. The van der Waals surface area contributed by atoms with Crippen molar-refractivity contribution in [1.29, 1.82) is 0 Å². The first-order chi connectivity index (χ1) is 20.8. The zero-order valence-electron chi connectivity index (χ0n) is 22.8. The van der Waals surface area contributed by atoms with Crippen LogP contribution in [0.2, 0.25) is 10.0 Å². The van der Waals surface area contributed by atoms with Crippen LogP contribution >= 0.6 is 46.3 Å². The van der Waals surface area contributed by atoms with Crippen LogP contribution in [0.1, 0.15) is 11.4 Å². The molecule has 1 aliphatic heterocycles. The molecule has 0 saturated heterocycles. The van der Waals surface area contributed by atoms with Crippen molar-refractivity contribution in [2.75, 3.05) is 29.5 Å². The van der Waals surface area contributed by atoms with E-state index in [1.165, 1.54) is 23.1 Å². The first kappa shape index (κ1) is 34.1. The van der Waals surface area contributed by atoms with E-state index in [-0.39, 0.29) is 19.5 Å². The number of amides is 1. The van der Waals surface area contributed by atoms with E-state index in [1.54, 1.807) is 41.2 Å². The van der Waals surface area contributed by atoms with Crippen LogP contribution in [-0.2, 0) is 31.6 Å². The van der Waals surface area contributed by atoms with Crippen LogP contribution in [0.5, 0.6) is 0 Å². The summed E-state index contributed by atoms with van der Waals surface area (Å²) in [5, 5.41) is 4.92. The summed E-state index contributed by atoms with van der Waals surface area (Å²) in [4.78, 5) is 19.3. The van der Waals surface area contributed by atoms with Gasteiger partial charge in [0.1, 0.15) is 4.70 Å². The molecule has 11 nitrogen and oxygen atoms in total. The van der Waals surface area contributed by atoms with Gasteiger partial charge >= 0.3 is 0 Å². The third-order valence-electron chi connectivity index (χ3n) is 5.97. The Morgan fingerprint density at radius 1 is 0.977 bits per heavy atom. The number of benzene rings is 2. The number of fused-ring (bicyclic) bond motifs is 2. The van der Waals surface area contributed by atoms with Crippen LogP contribution in [0.4, 0.5) is 5.69 Å². The summed E-state index contributed by atoms with van der Waals surface area (Å²) in [7, 11) is -8.34. The summed E-state index contributed by atoms with van der Waals surface area (Å²) in [6, 6.07) is 16.4. The van der Waals surface area contributed by atoms with Gasteiger partial charge in [0.15, 0.2) is 0 Å². The fourth-order valence-electron chi connectivity index (χ4n) is 4.10. The number of thioether (sulfide) groups is 1. The van der Waals surface area contributed by atoms with Crippen LogP contribution in [0.25, 0.3) is 16.3 Å². The molecule has 5 rings (SSSR count). The van der Waals surface area contributed by atoms with Gasteiger partial charge in [0.25, 0.3) is 31.2 Å². The number of aromatic nitrogens is 2. The van der Waals surface area contributed by atoms with Crippen LogP contribution < -0.4 is 14.8 Å². The lowest BCUT2D eigenvalue weighted by molar-refractivity contribution is -0.655. The average Bonchev–Trinajstić information content (AvgIpc) is 3.45. The van der Waals surface area contributed by atoms with Crippen LogP contribution in [-0.4, -0.2) is 61.4 Å². The second-order valence-electron chi connectivity index (χ2n) is 9.29. The Bertz CT molecular complexity index is 1860. The van der Waals surface area contributed by atoms with Gasteiger partial charge in [-0.1, -0.05) is 52.4 Å². The van der Waals surface area contributed by atoms with Crippen LogP contribution in [0.15, 0.2) is 76.9 Å². The fraction of sp³-hybridized carbons (Fsp3) is 0.222. The normalized spacial score (nSPS) is 13.9. The summed E-state index contributed by atoms with van der Waals surface area (Å²) >= 11 is 15.3. The molecular formula is C27H27Cl2N4O7S4+. The minimum atomic E-state index is -4.22. The Hall–Kier alpha value is -2.76. The van der Waals surface area contributed by atoms with Gasteiger partial charge in [-0.15, -0.1) is 0 Å². The van der Waals surface area contributed by atoms with Crippen molar-refractivity contribution in [3.8, 4) is 0 Å². The molecule has 44 heavy (non-hydrogen) atoms. The van der Waals surface area contributed by atoms with E-state index in [4.69, 9.17) is 27.8 Å². The van der Waals surface area contributed by atoms with Crippen molar-refractivity contribution in [2.45, 2.75) is 17.9 Å². The molecule has 0 spiro atoms. The second kappa shape index (κ2) is 15.0. The lowest BCUT2D eigenvalue weighted by Gasteiger charge is -2.20. The van der Waals surface area contributed by atoms with Crippen molar-refractivity contribution in [2.24, 2.45) is 0 Å². The van der Waals surface area contributed by atoms with Gasteiger partial charge in [-0.2, -0.15) is 21.4 Å². The molecule has 0 atom stereocenters. The topological polar surface area (TPSA) is 158 Å². The van der Waals surface area contributed by atoms with E-state index in [2.05, 4.69) is 10.3 Å². The molecule has 2 aromatic carbocycles. The molecule has 2 aromatic heterocycles. The fourth-order valence-corrected chi connectivity index (χ4v) is 7.54. The largest absolute Gasteiger partial charge is 0.349 e. The number of rotatable bonds is 10. The highest BCUT2D eigenvalue weighted by atomic mass is 35.5. The third kappa shape index (κ3) is 10.1. The van der Waals surface area contributed by atoms with Gasteiger partial charge in [0, 0.05) is 46.5 Å². The van der Waals surface area contributed by atoms with Crippen molar-refractivity contribution in [3.05, 3.63) is 87.1 Å². The molecule has 0 saturated carbocycles. The van der Waals surface area contributed by atoms with E-state index >= 15 is 0 Å². The monoisotopic (exact) mass is 717 g/mol. The highest BCUT2D eigenvalue weighted by Crippen LogP contribution is 2.48. The van der Waals surface area contributed by atoms with Crippen LogP contribution in [0, 0.1) is 0 Å². The summed E-state index contributed by atoms with van der Waals surface area (Å²) in [5.41, 5.74) is 1.49. The maximum Gasteiger partial charge on any atom is 0.286 e. The molecule has 0 bridgehead atoms. The summed E-state index contributed by atoms with van der Waals surface area (Å²) < 4.78 is 65.2. The van der Waals surface area contributed by atoms with Gasteiger partial charge in [-0.05, 0) is 48.9 Å². The highest BCUT2D eigenvalue weighted by molar-refractivity contribution is 8.04. The molecule has 0 unspecified atom stereocenters. The predicted molar refractivity (Wildman–Crippen MR) is 174 cm³/mol. The van der Waals surface area contributed by atoms with E-state index in [9.17, 15) is 26.2 Å². The Morgan fingerprint density at radius 2 is 1.66 bits per heavy atom. The van der Waals surface area contributed by atoms with Crippen molar-refractivity contribution < 1.29 is 35.3 Å². The predicted octanol–water partition coefficient (Wildman–Crippen LogP) is 4.77. The van der Waals surface area contributed by atoms with Gasteiger partial charge in [-0.25, -0.2) is 0 Å². The van der Waals surface area contributed by atoms with E-state index in [1.807, 2.05) is 41.3 Å². The van der Waals surface area contributed by atoms with E-state index in [0.29, 0.717) is 27.1 Å². The molecule has 17 heteroatoms. The molecule has 3 heterocycles. The number of anilines is 1. The average molecular weight is 719 g/mol. The SMILES string of the molecule is O=C(C[n+]1c(/C=C2\Sc3ccc(Cl)cc3N2CCCS(=O)(=O)O)sc2ccc(Cl)cc21)NCCS(=O)(=O)O.c1ccncc1. The Kier molecular flexibility index (Phi) is 11.6. The summed E-state index contributed by atoms with van der Waals surface area (Å²) in [6.45, 7) is -0.0964. The Labute approximate surface area is 273 Å². The molecule has 1 aliphatic rings. The number of hydrogen-bond acceptors (Lipinski definition) is 9. The molecule has 4 aromatic rings. The van der Waals surface area contributed by atoms with E-state index < -0.39 is 37.6 Å². The van der Waals surface area contributed by atoms with Gasteiger partial charge in [0.05, 0.1) is 28.3 Å². The number of pyridine rings is 1. The zero-order valence-corrected chi connectivity index (χ0v) is 27.6. The number of carbonyl (C=O) groups is 1. The number of carbonyl (C=O) groups excluding carboxylic acids is 1. The number of nitrogens with zero attached hydrogens (tertiary/aromatic N) is 3. The zero-order chi connectivity index (χ0) is 31.9. The molecule has 3 N–H and O–H groups in total. The molecule has 0 fully saturated rings. The van der Waals surface area contributed by atoms with Crippen LogP contribution in [0.3, 0.4) is 0 Å². The third-order valence-corrected chi connectivity index (χ3v) is 10.2. The minimum Gasteiger partial charge on any atom is -0.349 e. The first-order valence-electron chi connectivity index (χ1n) is 12.9. The van der Waals surface area contributed by atoms with Crippen molar-refractivity contribution in [3.63, 3.8) is 0 Å². The number of nitrogens with one attached hydrogen (secondary N) is 1. The summed E-state index contributed by atoms with van der Waals surface area (Å²) in [6.07, 6.45) is 5.54. The first-order valence-corrected chi connectivity index (χ1v) is 18.5. The number of thiazole rings is 1. The second-order valence-corrected chi connectivity index (χ2v) is 15.4. The van der Waals surface area contributed by atoms with Gasteiger partial charge < -0.3 is 10.2 Å². The molecule has 0 aliphatic carbocycles. The quantitative estimate of drug-likeness (QED) is 0.154. The smallest absolute Gasteiger partial charge is 0.286 e. The highest BCUT2D eigenvalue weighted by Gasteiger charge is 2.29. The molecular weight excluding hydrogens is 691 g/mol. The maximum atomic E-state index is 12.7. The number of halogens is 2. The van der Waals surface area contributed by atoms with Gasteiger partial charge in [0.2, 0.25) is 12.1 Å².